The molecule has 3 aromatic carbocycles. The van der Waals surface area contributed by atoms with Gasteiger partial charge in [0.2, 0.25) is 10.0 Å². The van der Waals surface area contributed by atoms with Gasteiger partial charge in [0.25, 0.3) is 0 Å². The summed E-state index contributed by atoms with van der Waals surface area (Å²) < 4.78 is 48.2. The monoisotopic (exact) mass is 498 g/mol. The number of rotatable bonds is 6. The molecule has 5 rings (SSSR count). The predicted octanol–water partition coefficient (Wildman–Crippen LogP) is 5.39. The predicted molar refractivity (Wildman–Crippen MR) is 129 cm³/mol. The highest BCUT2D eigenvalue weighted by molar-refractivity contribution is 7.89. The number of nitrogens with zero attached hydrogens (tertiary/aromatic N) is 1. The first-order chi connectivity index (χ1) is 16.1. The zero-order valence-electron chi connectivity index (χ0n) is 18.1. The maximum atomic E-state index is 13.5. The number of hydrogen-bond acceptors (Lipinski definition) is 6. The first kappa shape index (κ1) is 22.5. The molecule has 10 heteroatoms. The van der Waals surface area contributed by atoms with Crippen LogP contribution in [-0.4, -0.2) is 30.5 Å². The fourth-order valence-electron chi connectivity index (χ4n) is 3.79. The van der Waals surface area contributed by atoms with E-state index in [2.05, 4.69) is 9.71 Å². The van der Waals surface area contributed by atoms with Crippen LogP contribution in [0.4, 0.5) is 4.39 Å². The summed E-state index contributed by atoms with van der Waals surface area (Å²) in [6, 6.07) is 13.2. The van der Waals surface area contributed by atoms with Crippen LogP contribution in [0.25, 0.3) is 42.7 Å². The minimum atomic E-state index is -4.08. The Labute approximate surface area is 197 Å². The van der Waals surface area contributed by atoms with Crippen molar-refractivity contribution in [3.63, 3.8) is 0 Å². The fraction of sp³-hybridized carbons (Fsp3) is 0.167. The summed E-state index contributed by atoms with van der Waals surface area (Å²) in [7, 11) is -4.08. The number of benzene rings is 3. The highest BCUT2D eigenvalue weighted by atomic mass is 32.2. The Hall–Kier alpha value is -3.34. The normalized spacial score (nSPS) is 13.3. The van der Waals surface area contributed by atoms with Gasteiger partial charge in [-0.3, -0.25) is 4.79 Å². The maximum absolute atomic E-state index is 13.5. The molecule has 34 heavy (non-hydrogen) atoms. The number of carboxylic acids is 1. The van der Waals surface area contributed by atoms with Crippen LogP contribution < -0.4 is 4.72 Å². The van der Waals surface area contributed by atoms with Crippen molar-refractivity contribution in [1.29, 1.82) is 0 Å². The summed E-state index contributed by atoms with van der Waals surface area (Å²) >= 11 is 1.45. The van der Waals surface area contributed by atoms with E-state index in [1.807, 2.05) is 12.1 Å². The van der Waals surface area contributed by atoms with E-state index < -0.39 is 28.0 Å². The number of carbonyl (C=O) groups is 1. The zero-order chi connectivity index (χ0) is 24.2. The highest BCUT2D eigenvalue weighted by Gasteiger charge is 2.28. The van der Waals surface area contributed by atoms with Gasteiger partial charge in [0.1, 0.15) is 28.0 Å². The Morgan fingerprint density at radius 2 is 1.85 bits per heavy atom. The largest absolute Gasteiger partial charge is 0.480 e. The number of sulfonamides is 1. The molecule has 0 radical (unpaired) electrons. The molecule has 0 unspecified atom stereocenters. The molecule has 0 saturated carbocycles. The molecule has 0 aliphatic heterocycles. The van der Waals surface area contributed by atoms with Crippen molar-refractivity contribution in [1.82, 2.24) is 9.71 Å². The smallest absolute Gasteiger partial charge is 0.322 e. The van der Waals surface area contributed by atoms with E-state index in [0.717, 1.165) is 20.7 Å². The third kappa shape index (κ3) is 3.93. The Bertz CT molecular complexity index is 1690. The average molecular weight is 499 g/mol. The summed E-state index contributed by atoms with van der Waals surface area (Å²) in [5.74, 6) is -2.02. The molecule has 5 aromatic rings. The molecule has 0 fully saturated rings. The third-order valence-electron chi connectivity index (χ3n) is 5.56. The molecule has 7 nitrogen and oxygen atoms in total. The molecule has 0 saturated heterocycles. The molecule has 0 bridgehead atoms. The average Bonchev–Trinajstić information content (AvgIpc) is 3.36. The molecule has 0 aliphatic rings. The molecule has 1 atom stereocenters. The van der Waals surface area contributed by atoms with E-state index in [4.69, 9.17) is 4.42 Å². The van der Waals surface area contributed by atoms with Crippen molar-refractivity contribution >= 4 is 59.5 Å². The van der Waals surface area contributed by atoms with Crippen LogP contribution in [0.15, 0.2) is 63.9 Å². The van der Waals surface area contributed by atoms with Gasteiger partial charge in [-0.25, -0.2) is 17.8 Å². The van der Waals surface area contributed by atoms with Crippen molar-refractivity contribution in [2.75, 3.05) is 0 Å². The lowest BCUT2D eigenvalue weighted by Gasteiger charge is -2.17. The Morgan fingerprint density at radius 1 is 1.06 bits per heavy atom. The lowest BCUT2D eigenvalue weighted by Crippen LogP contribution is -2.44. The van der Waals surface area contributed by atoms with Crippen LogP contribution in [-0.2, 0) is 14.8 Å². The molecule has 0 amide bonds. The van der Waals surface area contributed by atoms with Crippen LogP contribution in [0.2, 0.25) is 0 Å². The molecule has 0 aliphatic carbocycles. The van der Waals surface area contributed by atoms with Crippen LogP contribution >= 0.6 is 11.3 Å². The molecular formula is C24H19FN2O5S2. The number of aromatic nitrogens is 1. The van der Waals surface area contributed by atoms with Gasteiger partial charge in [0, 0.05) is 28.5 Å². The summed E-state index contributed by atoms with van der Waals surface area (Å²) in [4.78, 5) is 15.9. The molecule has 2 heterocycles. The lowest BCUT2D eigenvalue weighted by molar-refractivity contribution is -0.140. The van der Waals surface area contributed by atoms with E-state index in [9.17, 15) is 22.7 Å². The number of halogens is 1. The maximum Gasteiger partial charge on any atom is 0.322 e. The first-order valence-corrected chi connectivity index (χ1v) is 12.7. The molecule has 0 spiro atoms. The molecule has 2 N–H and O–H groups in total. The van der Waals surface area contributed by atoms with E-state index in [1.54, 1.807) is 32.0 Å². The van der Waals surface area contributed by atoms with Crippen LogP contribution in [0.1, 0.15) is 13.8 Å². The van der Waals surface area contributed by atoms with E-state index in [-0.39, 0.29) is 10.7 Å². The van der Waals surface area contributed by atoms with Gasteiger partial charge in [-0.05, 0) is 48.4 Å². The number of hydrogen-bond donors (Lipinski definition) is 2. The summed E-state index contributed by atoms with van der Waals surface area (Å²) in [5, 5.41) is 11.6. The molecule has 174 valence electrons. The SMILES string of the molecule is CC(C)[C@H](NS(=O)(=O)c1ccc2c(c1)oc1ccc(-c3nc4cc(F)ccc4s3)cc12)C(=O)O. The summed E-state index contributed by atoms with van der Waals surface area (Å²) in [5.41, 5.74) is 2.34. The second-order valence-electron chi connectivity index (χ2n) is 8.28. The number of thiazole rings is 1. The Balaban J connectivity index is 1.55. The minimum absolute atomic E-state index is 0.0839. The third-order valence-corrected chi connectivity index (χ3v) is 8.09. The summed E-state index contributed by atoms with van der Waals surface area (Å²) in [6.07, 6.45) is 0. The summed E-state index contributed by atoms with van der Waals surface area (Å²) in [6.45, 7) is 3.26. The van der Waals surface area contributed by atoms with Crippen molar-refractivity contribution in [3.8, 4) is 10.6 Å². The van der Waals surface area contributed by atoms with Gasteiger partial charge in [0.15, 0.2) is 0 Å². The van der Waals surface area contributed by atoms with Crippen LogP contribution in [0.3, 0.4) is 0 Å². The topological polar surface area (TPSA) is 110 Å². The quantitative estimate of drug-likeness (QED) is 0.325. The molecular weight excluding hydrogens is 479 g/mol. The first-order valence-electron chi connectivity index (χ1n) is 10.4. The van der Waals surface area contributed by atoms with Crippen molar-refractivity contribution in [3.05, 3.63) is 60.4 Å². The minimum Gasteiger partial charge on any atom is -0.480 e. The highest BCUT2D eigenvalue weighted by Crippen LogP contribution is 2.36. The standard InChI is InChI=1S/C24H19FN2O5S2/c1-12(2)22(24(28)29)27-34(30,31)15-5-6-16-17-9-13(3-7-19(17)32-20(16)11-15)23-26-18-10-14(25)4-8-21(18)33-23/h3-12,22,27H,1-2H3,(H,28,29)/t22-/m0/s1. The fourth-order valence-corrected chi connectivity index (χ4v) is 6.08. The number of furan rings is 1. The Morgan fingerprint density at radius 3 is 2.59 bits per heavy atom. The van der Waals surface area contributed by atoms with Gasteiger partial charge in [-0.1, -0.05) is 13.8 Å². The van der Waals surface area contributed by atoms with Crippen molar-refractivity contribution in [2.24, 2.45) is 5.92 Å². The lowest BCUT2D eigenvalue weighted by atomic mass is 10.1. The van der Waals surface area contributed by atoms with E-state index in [0.29, 0.717) is 22.1 Å². The zero-order valence-corrected chi connectivity index (χ0v) is 19.7. The number of aliphatic carboxylic acids is 1. The van der Waals surface area contributed by atoms with Crippen molar-refractivity contribution in [2.45, 2.75) is 24.8 Å². The van der Waals surface area contributed by atoms with Gasteiger partial charge in [-0.2, -0.15) is 4.72 Å². The van der Waals surface area contributed by atoms with Crippen molar-refractivity contribution < 1.29 is 27.1 Å². The van der Waals surface area contributed by atoms with Crippen LogP contribution in [0.5, 0.6) is 0 Å². The van der Waals surface area contributed by atoms with Gasteiger partial charge < -0.3 is 9.52 Å². The van der Waals surface area contributed by atoms with Gasteiger partial charge >= 0.3 is 5.97 Å². The van der Waals surface area contributed by atoms with Gasteiger partial charge in [-0.15, -0.1) is 11.3 Å². The Kier molecular flexibility index (Phi) is 5.38. The molecule has 2 aromatic heterocycles. The number of fused-ring (bicyclic) bond motifs is 4. The second-order valence-corrected chi connectivity index (χ2v) is 11.0. The van der Waals surface area contributed by atoms with Crippen LogP contribution in [0, 0.1) is 11.7 Å². The number of carboxylic acid groups (broad SMARTS) is 1. The number of nitrogens with one attached hydrogen (secondary N) is 1. The van der Waals surface area contributed by atoms with E-state index in [1.165, 1.54) is 35.6 Å². The van der Waals surface area contributed by atoms with E-state index >= 15 is 0 Å². The van der Waals surface area contributed by atoms with Gasteiger partial charge in [0.05, 0.1) is 15.1 Å². The second kappa shape index (κ2) is 8.15.